The first kappa shape index (κ1) is 22.9. The van der Waals surface area contributed by atoms with Crippen LogP contribution in [0.2, 0.25) is 0 Å². The molecule has 8 rings (SSSR count). The minimum absolute atomic E-state index is 1.18. The molecule has 0 bridgehead atoms. The lowest BCUT2D eigenvalue weighted by atomic mass is 10.00. The molecule has 0 atom stereocenters. The number of aromatic nitrogens is 2. The monoisotopic (exact) mass is 512 g/mol. The molecule has 0 fully saturated rings. The Morgan fingerprint density at radius 2 is 0.700 bits per heavy atom. The SMILES string of the molecule is Cc1ccc2c(c1)c1cc(-c3ccc4c(c3)c3cc(C)ccc3n4-c3ccccc3)ccc1n2-c1ccccc1. The van der Waals surface area contributed by atoms with Crippen molar-refractivity contribution < 1.29 is 0 Å². The third kappa shape index (κ3) is 3.43. The van der Waals surface area contributed by atoms with Crippen LogP contribution in [-0.4, -0.2) is 9.13 Å². The van der Waals surface area contributed by atoms with E-state index in [1.165, 1.54) is 77.2 Å². The van der Waals surface area contributed by atoms with Gasteiger partial charge in [-0.05, 0) is 97.8 Å². The quantitative estimate of drug-likeness (QED) is 0.223. The fourth-order valence-electron chi connectivity index (χ4n) is 6.34. The van der Waals surface area contributed by atoms with Crippen molar-refractivity contribution >= 4 is 43.6 Å². The van der Waals surface area contributed by atoms with Crippen LogP contribution in [0, 0.1) is 13.8 Å². The fraction of sp³-hybridized carbons (Fsp3) is 0.0526. The number of hydrogen-bond acceptors (Lipinski definition) is 0. The number of benzene rings is 6. The lowest BCUT2D eigenvalue weighted by Crippen LogP contribution is -1.93. The summed E-state index contributed by atoms with van der Waals surface area (Å²) in [6, 6.07) is 48.8. The maximum Gasteiger partial charge on any atom is 0.0541 e. The number of rotatable bonds is 3. The highest BCUT2D eigenvalue weighted by atomic mass is 15.0. The van der Waals surface area contributed by atoms with Gasteiger partial charge in [0.1, 0.15) is 0 Å². The number of aryl methyl sites for hydroxylation is 2. The van der Waals surface area contributed by atoms with Crippen molar-refractivity contribution in [3.05, 3.63) is 145 Å². The fourth-order valence-corrected chi connectivity index (χ4v) is 6.34. The molecular formula is C38H28N2. The van der Waals surface area contributed by atoms with Gasteiger partial charge in [0.05, 0.1) is 22.1 Å². The van der Waals surface area contributed by atoms with Crippen molar-refractivity contribution in [1.82, 2.24) is 9.13 Å². The van der Waals surface area contributed by atoms with E-state index in [9.17, 15) is 0 Å². The van der Waals surface area contributed by atoms with E-state index in [0.29, 0.717) is 0 Å². The van der Waals surface area contributed by atoms with Crippen LogP contribution in [0.25, 0.3) is 66.1 Å². The van der Waals surface area contributed by atoms with Gasteiger partial charge in [0.2, 0.25) is 0 Å². The second kappa shape index (κ2) is 8.72. The van der Waals surface area contributed by atoms with E-state index in [2.05, 4.69) is 156 Å². The van der Waals surface area contributed by atoms with Crippen molar-refractivity contribution in [3.8, 4) is 22.5 Å². The topological polar surface area (TPSA) is 9.86 Å². The average molecular weight is 513 g/mol. The molecule has 0 aliphatic carbocycles. The largest absolute Gasteiger partial charge is 0.309 e. The van der Waals surface area contributed by atoms with E-state index in [1.54, 1.807) is 0 Å². The van der Waals surface area contributed by atoms with Crippen LogP contribution in [-0.2, 0) is 0 Å². The molecule has 2 nitrogen and oxygen atoms in total. The molecule has 6 aromatic carbocycles. The molecule has 2 heteroatoms. The van der Waals surface area contributed by atoms with Gasteiger partial charge in [-0.1, -0.05) is 71.8 Å². The molecule has 2 aromatic heterocycles. The first-order valence-electron chi connectivity index (χ1n) is 13.9. The zero-order valence-electron chi connectivity index (χ0n) is 22.6. The smallest absolute Gasteiger partial charge is 0.0541 e. The first-order valence-corrected chi connectivity index (χ1v) is 13.9. The number of fused-ring (bicyclic) bond motifs is 6. The van der Waals surface area contributed by atoms with Crippen molar-refractivity contribution in [2.24, 2.45) is 0 Å². The van der Waals surface area contributed by atoms with Crippen LogP contribution >= 0.6 is 0 Å². The van der Waals surface area contributed by atoms with Crippen LogP contribution in [0.15, 0.2) is 133 Å². The summed E-state index contributed by atoms with van der Waals surface area (Å²) in [5, 5.41) is 5.14. The van der Waals surface area contributed by atoms with Gasteiger partial charge in [-0.15, -0.1) is 0 Å². The molecular weight excluding hydrogens is 484 g/mol. The van der Waals surface area contributed by atoms with E-state index >= 15 is 0 Å². The highest BCUT2D eigenvalue weighted by molar-refractivity contribution is 6.12. The molecule has 40 heavy (non-hydrogen) atoms. The predicted molar refractivity (Wildman–Crippen MR) is 170 cm³/mol. The molecule has 190 valence electrons. The maximum atomic E-state index is 2.38. The third-order valence-electron chi connectivity index (χ3n) is 8.20. The lowest BCUT2D eigenvalue weighted by Gasteiger charge is -2.09. The summed E-state index contributed by atoms with van der Waals surface area (Å²) >= 11 is 0. The van der Waals surface area contributed by atoms with Crippen molar-refractivity contribution in [1.29, 1.82) is 0 Å². The third-order valence-corrected chi connectivity index (χ3v) is 8.20. The molecule has 2 heterocycles. The molecule has 8 aromatic rings. The van der Waals surface area contributed by atoms with E-state index in [-0.39, 0.29) is 0 Å². The molecule has 0 saturated heterocycles. The van der Waals surface area contributed by atoms with Gasteiger partial charge in [-0.25, -0.2) is 0 Å². The standard InChI is InChI=1S/C38H28N2/c1-25-13-17-35-31(21-25)33-23-27(15-19-37(33)39(35)29-9-5-3-6-10-29)28-16-20-38-34(24-28)32-22-26(2)14-18-36(32)40(38)30-11-7-4-8-12-30/h3-24H,1-2H3. The Balaban J connectivity index is 1.38. The minimum Gasteiger partial charge on any atom is -0.309 e. The predicted octanol–water partition coefficient (Wildman–Crippen LogP) is 10.2. The summed E-state index contributed by atoms with van der Waals surface area (Å²) in [5.41, 5.74) is 12.3. The molecule has 0 unspecified atom stereocenters. The van der Waals surface area contributed by atoms with Crippen LogP contribution in [0.5, 0.6) is 0 Å². The van der Waals surface area contributed by atoms with Gasteiger partial charge in [-0.2, -0.15) is 0 Å². The Kier molecular flexibility index (Phi) is 4.99. The molecule has 0 amide bonds. The Morgan fingerprint density at radius 3 is 1.10 bits per heavy atom. The Morgan fingerprint density at radius 1 is 0.350 bits per heavy atom. The minimum atomic E-state index is 1.18. The number of hydrogen-bond donors (Lipinski definition) is 0. The molecule has 0 spiro atoms. The molecule has 0 radical (unpaired) electrons. The van der Waals surface area contributed by atoms with E-state index in [1.807, 2.05) is 0 Å². The summed E-state index contributed by atoms with van der Waals surface area (Å²) in [4.78, 5) is 0. The normalized spacial score (nSPS) is 11.8. The highest BCUT2D eigenvalue weighted by Gasteiger charge is 2.16. The zero-order valence-corrected chi connectivity index (χ0v) is 22.6. The van der Waals surface area contributed by atoms with Gasteiger partial charge in [0.15, 0.2) is 0 Å². The molecule has 0 saturated carbocycles. The molecule has 0 N–H and O–H groups in total. The van der Waals surface area contributed by atoms with Crippen LogP contribution in [0.1, 0.15) is 11.1 Å². The Bertz CT molecular complexity index is 2050. The van der Waals surface area contributed by atoms with E-state index in [4.69, 9.17) is 0 Å². The Hall–Kier alpha value is -5.08. The van der Waals surface area contributed by atoms with E-state index < -0.39 is 0 Å². The number of para-hydroxylation sites is 2. The summed E-state index contributed by atoms with van der Waals surface area (Å²) in [6.07, 6.45) is 0. The van der Waals surface area contributed by atoms with Gasteiger partial charge in [0, 0.05) is 32.9 Å². The average Bonchev–Trinajstić information content (AvgIpc) is 3.49. The molecule has 0 aliphatic rings. The highest BCUT2D eigenvalue weighted by Crippen LogP contribution is 2.38. The van der Waals surface area contributed by atoms with E-state index in [0.717, 1.165) is 0 Å². The van der Waals surface area contributed by atoms with Gasteiger partial charge < -0.3 is 9.13 Å². The summed E-state index contributed by atoms with van der Waals surface area (Å²) in [5.74, 6) is 0. The van der Waals surface area contributed by atoms with Gasteiger partial charge >= 0.3 is 0 Å². The molecule has 0 aliphatic heterocycles. The van der Waals surface area contributed by atoms with Gasteiger partial charge in [-0.3, -0.25) is 0 Å². The summed E-state index contributed by atoms with van der Waals surface area (Å²) in [6.45, 7) is 4.35. The first-order chi connectivity index (χ1) is 19.7. The zero-order chi connectivity index (χ0) is 26.8. The Labute approximate surface area is 233 Å². The second-order valence-corrected chi connectivity index (χ2v) is 10.8. The van der Waals surface area contributed by atoms with Crippen molar-refractivity contribution in [2.45, 2.75) is 13.8 Å². The second-order valence-electron chi connectivity index (χ2n) is 10.8. The van der Waals surface area contributed by atoms with Crippen LogP contribution < -0.4 is 0 Å². The van der Waals surface area contributed by atoms with Crippen LogP contribution in [0.4, 0.5) is 0 Å². The van der Waals surface area contributed by atoms with Crippen molar-refractivity contribution in [2.75, 3.05) is 0 Å². The summed E-state index contributed by atoms with van der Waals surface area (Å²) < 4.78 is 4.76. The van der Waals surface area contributed by atoms with Crippen molar-refractivity contribution in [3.63, 3.8) is 0 Å². The van der Waals surface area contributed by atoms with Gasteiger partial charge in [0.25, 0.3) is 0 Å². The summed E-state index contributed by atoms with van der Waals surface area (Å²) in [7, 11) is 0. The lowest BCUT2D eigenvalue weighted by molar-refractivity contribution is 1.18. The van der Waals surface area contributed by atoms with Crippen LogP contribution in [0.3, 0.4) is 0 Å². The maximum absolute atomic E-state index is 2.38. The number of nitrogens with zero attached hydrogens (tertiary/aromatic N) is 2.